The maximum absolute atomic E-state index is 11.4. The second-order valence-electron chi connectivity index (χ2n) is 3.90. The minimum atomic E-state index is -1.04. The predicted molar refractivity (Wildman–Crippen MR) is 78.2 cm³/mol. The summed E-state index contributed by atoms with van der Waals surface area (Å²) >= 11 is 2.50. The first-order valence-electron chi connectivity index (χ1n) is 6.00. The van der Waals surface area contributed by atoms with Crippen LogP contribution < -0.4 is 0 Å². The van der Waals surface area contributed by atoms with Crippen molar-refractivity contribution >= 4 is 45.3 Å². The third-order valence-corrected chi connectivity index (χ3v) is 4.77. The number of hydrogen-bond donors (Lipinski definition) is 1. The molecule has 1 atom stereocenters. The van der Waals surface area contributed by atoms with E-state index in [-0.39, 0.29) is 13.0 Å². The van der Waals surface area contributed by atoms with Gasteiger partial charge in [-0.25, -0.2) is 4.98 Å². The van der Waals surface area contributed by atoms with Crippen LogP contribution in [-0.4, -0.2) is 33.9 Å². The number of ether oxygens (including phenoxy) is 1. The molecule has 0 saturated carbocycles. The fraction of sp³-hybridized carbons (Fsp3) is 0.308. The lowest BCUT2D eigenvalue weighted by Gasteiger charge is -2.09. The molecule has 0 radical (unpaired) electrons. The van der Waals surface area contributed by atoms with Crippen LogP contribution in [0.15, 0.2) is 28.6 Å². The number of carbonyl (C=O) groups excluding carboxylic acids is 1. The smallest absolute Gasteiger partial charge is 0.317 e. The van der Waals surface area contributed by atoms with Gasteiger partial charge in [-0.15, -0.1) is 11.3 Å². The van der Waals surface area contributed by atoms with Crippen LogP contribution >= 0.6 is 23.1 Å². The molecular formula is C13H13NO4S2. The number of para-hydroxylation sites is 1. The lowest BCUT2D eigenvalue weighted by atomic mass is 10.3. The van der Waals surface area contributed by atoms with E-state index in [0.717, 1.165) is 22.0 Å². The van der Waals surface area contributed by atoms with Gasteiger partial charge in [0.1, 0.15) is 5.25 Å². The molecule has 1 aromatic heterocycles. The summed E-state index contributed by atoms with van der Waals surface area (Å²) in [6, 6.07) is 7.58. The molecule has 1 heterocycles. The minimum absolute atomic E-state index is 0.163. The van der Waals surface area contributed by atoms with Crippen LogP contribution in [0.3, 0.4) is 0 Å². The van der Waals surface area contributed by atoms with Crippen LogP contribution in [0, 0.1) is 0 Å². The SMILES string of the molecule is CCOC(=O)CC(Sc1nc2ccccc2s1)C(=O)O. The summed E-state index contributed by atoms with van der Waals surface area (Å²) in [4.78, 5) is 27.0. The van der Waals surface area contributed by atoms with E-state index in [1.807, 2.05) is 24.3 Å². The van der Waals surface area contributed by atoms with Gasteiger partial charge in [0.15, 0.2) is 4.34 Å². The van der Waals surface area contributed by atoms with Crippen molar-refractivity contribution in [3.05, 3.63) is 24.3 Å². The van der Waals surface area contributed by atoms with E-state index in [4.69, 9.17) is 4.74 Å². The number of aliphatic carboxylic acids is 1. The Labute approximate surface area is 124 Å². The first kappa shape index (κ1) is 14.8. The molecular weight excluding hydrogens is 298 g/mol. The van der Waals surface area contributed by atoms with Crippen molar-refractivity contribution in [1.29, 1.82) is 0 Å². The molecule has 1 N–H and O–H groups in total. The van der Waals surface area contributed by atoms with Crippen molar-refractivity contribution in [1.82, 2.24) is 4.98 Å². The fourth-order valence-electron chi connectivity index (χ4n) is 1.57. The molecule has 0 aliphatic rings. The van der Waals surface area contributed by atoms with Crippen LogP contribution in [0.2, 0.25) is 0 Å². The van der Waals surface area contributed by atoms with Crippen molar-refractivity contribution in [2.75, 3.05) is 6.61 Å². The van der Waals surface area contributed by atoms with Crippen LogP contribution in [0.25, 0.3) is 10.2 Å². The molecule has 0 spiro atoms. The third kappa shape index (κ3) is 3.71. The molecule has 5 nitrogen and oxygen atoms in total. The first-order chi connectivity index (χ1) is 9.60. The lowest BCUT2D eigenvalue weighted by molar-refractivity contribution is -0.146. The molecule has 1 aromatic carbocycles. The Balaban J connectivity index is 2.11. The van der Waals surface area contributed by atoms with Gasteiger partial charge in [-0.05, 0) is 19.1 Å². The number of carbonyl (C=O) groups is 2. The van der Waals surface area contributed by atoms with Gasteiger partial charge in [0.2, 0.25) is 0 Å². The summed E-state index contributed by atoms with van der Waals surface area (Å²) in [7, 11) is 0. The second kappa shape index (κ2) is 6.71. The van der Waals surface area contributed by atoms with Gasteiger partial charge in [0, 0.05) is 0 Å². The highest BCUT2D eigenvalue weighted by atomic mass is 32.2. The Morgan fingerprint density at radius 2 is 2.20 bits per heavy atom. The normalized spacial score (nSPS) is 12.2. The average molecular weight is 311 g/mol. The Kier molecular flexibility index (Phi) is 4.97. The third-order valence-electron chi connectivity index (χ3n) is 2.45. The molecule has 0 bridgehead atoms. The molecule has 1 unspecified atom stereocenters. The standard InChI is InChI=1S/C13H13NO4S2/c1-2-18-11(15)7-10(12(16)17)20-13-14-8-5-3-4-6-9(8)19-13/h3-6,10H,2,7H2,1H3,(H,16,17). The van der Waals surface area contributed by atoms with E-state index >= 15 is 0 Å². The highest BCUT2D eigenvalue weighted by Gasteiger charge is 2.24. The number of thioether (sulfide) groups is 1. The Morgan fingerprint density at radius 1 is 1.45 bits per heavy atom. The molecule has 106 valence electrons. The van der Waals surface area contributed by atoms with E-state index in [1.54, 1.807) is 6.92 Å². The number of carboxylic acid groups (broad SMARTS) is 1. The number of hydrogen-bond acceptors (Lipinski definition) is 6. The average Bonchev–Trinajstić information content (AvgIpc) is 2.80. The van der Waals surface area contributed by atoms with Crippen LogP contribution in [-0.2, 0) is 14.3 Å². The zero-order chi connectivity index (χ0) is 14.5. The Hall–Kier alpha value is -1.60. The molecule has 0 aliphatic heterocycles. The summed E-state index contributed by atoms with van der Waals surface area (Å²) in [5, 5.41) is 8.29. The van der Waals surface area contributed by atoms with E-state index in [1.165, 1.54) is 11.3 Å². The molecule has 7 heteroatoms. The number of thiazole rings is 1. The Morgan fingerprint density at radius 3 is 2.85 bits per heavy atom. The van der Waals surface area contributed by atoms with Gasteiger partial charge in [-0.3, -0.25) is 9.59 Å². The van der Waals surface area contributed by atoms with Gasteiger partial charge in [-0.2, -0.15) is 0 Å². The lowest BCUT2D eigenvalue weighted by Crippen LogP contribution is -2.21. The van der Waals surface area contributed by atoms with Gasteiger partial charge in [0.25, 0.3) is 0 Å². The van der Waals surface area contributed by atoms with Crippen molar-refractivity contribution in [3.8, 4) is 0 Å². The van der Waals surface area contributed by atoms with E-state index in [0.29, 0.717) is 4.34 Å². The van der Waals surface area contributed by atoms with Gasteiger partial charge < -0.3 is 9.84 Å². The highest BCUT2D eigenvalue weighted by molar-refractivity contribution is 8.02. The number of carboxylic acids is 1. The van der Waals surface area contributed by atoms with Crippen molar-refractivity contribution in [3.63, 3.8) is 0 Å². The van der Waals surface area contributed by atoms with Crippen LogP contribution in [0.5, 0.6) is 0 Å². The van der Waals surface area contributed by atoms with Crippen molar-refractivity contribution in [2.24, 2.45) is 0 Å². The first-order valence-corrected chi connectivity index (χ1v) is 7.70. The maximum Gasteiger partial charge on any atom is 0.317 e. The number of nitrogens with zero attached hydrogens (tertiary/aromatic N) is 1. The van der Waals surface area contributed by atoms with E-state index in [9.17, 15) is 14.7 Å². The molecule has 0 amide bonds. The monoisotopic (exact) mass is 311 g/mol. The van der Waals surface area contributed by atoms with Crippen molar-refractivity contribution < 1.29 is 19.4 Å². The molecule has 0 saturated heterocycles. The summed E-state index contributed by atoms with van der Waals surface area (Å²) in [6.45, 7) is 1.94. The predicted octanol–water partition coefficient (Wildman–Crippen LogP) is 2.79. The van der Waals surface area contributed by atoms with Gasteiger partial charge in [0.05, 0.1) is 23.2 Å². The molecule has 20 heavy (non-hydrogen) atoms. The quantitative estimate of drug-likeness (QED) is 0.653. The summed E-state index contributed by atoms with van der Waals surface area (Å²) in [5.74, 6) is -1.55. The zero-order valence-corrected chi connectivity index (χ0v) is 12.4. The topological polar surface area (TPSA) is 76.5 Å². The van der Waals surface area contributed by atoms with Crippen molar-refractivity contribution in [2.45, 2.75) is 22.9 Å². The summed E-state index contributed by atoms with van der Waals surface area (Å²) in [6.07, 6.45) is -0.163. The fourth-order valence-corrected chi connectivity index (χ4v) is 3.80. The number of esters is 1. The largest absolute Gasteiger partial charge is 0.480 e. The zero-order valence-electron chi connectivity index (χ0n) is 10.7. The number of rotatable bonds is 6. The maximum atomic E-state index is 11.4. The summed E-state index contributed by atoms with van der Waals surface area (Å²) < 4.78 is 6.42. The number of fused-ring (bicyclic) bond motifs is 1. The number of benzene rings is 1. The van der Waals surface area contributed by atoms with Gasteiger partial charge >= 0.3 is 11.9 Å². The summed E-state index contributed by atoms with van der Waals surface area (Å²) in [5.41, 5.74) is 0.834. The van der Waals surface area contributed by atoms with E-state index in [2.05, 4.69) is 4.98 Å². The molecule has 0 aliphatic carbocycles. The van der Waals surface area contributed by atoms with E-state index < -0.39 is 17.2 Å². The second-order valence-corrected chi connectivity index (χ2v) is 6.38. The highest BCUT2D eigenvalue weighted by Crippen LogP contribution is 2.33. The van der Waals surface area contributed by atoms with Crippen LogP contribution in [0.4, 0.5) is 0 Å². The van der Waals surface area contributed by atoms with Gasteiger partial charge in [-0.1, -0.05) is 23.9 Å². The molecule has 2 rings (SSSR count). The molecule has 0 fully saturated rings. The Bertz CT molecular complexity index is 593. The molecule has 2 aromatic rings. The van der Waals surface area contributed by atoms with Crippen LogP contribution in [0.1, 0.15) is 13.3 Å². The number of aromatic nitrogens is 1. The minimum Gasteiger partial charge on any atom is -0.480 e.